The molecule has 0 saturated carbocycles. The van der Waals surface area contributed by atoms with Crippen LogP contribution in [0.2, 0.25) is 0 Å². The van der Waals surface area contributed by atoms with Crippen LogP contribution in [0.3, 0.4) is 0 Å². The van der Waals surface area contributed by atoms with Crippen molar-refractivity contribution in [2.75, 3.05) is 13.1 Å². The molecule has 0 aromatic rings. The van der Waals surface area contributed by atoms with Crippen molar-refractivity contribution in [1.29, 1.82) is 0 Å². The number of carbonyl (C=O) groups excluding carboxylic acids is 1. The molecule has 1 saturated heterocycles. The van der Waals surface area contributed by atoms with Gasteiger partial charge in [0.25, 0.3) is 0 Å². The molecule has 0 aliphatic carbocycles. The van der Waals surface area contributed by atoms with Gasteiger partial charge in [0.2, 0.25) is 0 Å². The molecular weight excluding hydrogens is 214 g/mol. The molecule has 2 unspecified atom stereocenters. The Labute approximate surface area is 105 Å². The lowest BCUT2D eigenvalue weighted by atomic mass is 9.75. The van der Waals surface area contributed by atoms with E-state index in [1.54, 1.807) is 0 Å². The van der Waals surface area contributed by atoms with Gasteiger partial charge in [-0.25, -0.2) is 0 Å². The van der Waals surface area contributed by atoms with Crippen molar-refractivity contribution in [3.05, 3.63) is 0 Å². The van der Waals surface area contributed by atoms with Crippen LogP contribution >= 0.6 is 0 Å². The van der Waals surface area contributed by atoms with E-state index in [-0.39, 0.29) is 17.5 Å². The number of piperidine rings is 1. The summed E-state index contributed by atoms with van der Waals surface area (Å²) in [6.45, 7) is 10.1. The maximum Gasteiger partial charge on any atom is 0.312 e. The third-order valence-electron chi connectivity index (χ3n) is 3.85. The fraction of sp³-hybridized carbons (Fsp3) is 0.929. The smallest absolute Gasteiger partial charge is 0.312 e. The van der Waals surface area contributed by atoms with E-state index in [0.717, 1.165) is 38.8 Å². The fourth-order valence-corrected chi connectivity index (χ4v) is 2.43. The summed E-state index contributed by atoms with van der Waals surface area (Å²) < 4.78 is 5.54. The Hall–Kier alpha value is -0.570. The van der Waals surface area contributed by atoms with E-state index in [1.807, 2.05) is 20.8 Å². The average Bonchev–Trinajstić information content (AvgIpc) is 2.30. The third kappa shape index (κ3) is 3.98. The van der Waals surface area contributed by atoms with Crippen LogP contribution in [0.1, 0.15) is 53.4 Å². The summed E-state index contributed by atoms with van der Waals surface area (Å²) in [4.78, 5) is 12.2. The number of nitrogens with one attached hydrogen (secondary N) is 1. The number of ether oxygens (including phenoxy) is 1. The zero-order valence-corrected chi connectivity index (χ0v) is 11.7. The predicted octanol–water partition coefficient (Wildman–Crippen LogP) is 2.74. The molecule has 1 aliphatic rings. The van der Waals surface area contributed by atoms with Crippen LogP contribution in [0.5, 0.6) is 0 Å². The SMILES string of the molecule is CCCC(C)OC(=O)C(C)(C)C1CCCNC1. The monoisotopic (exact) mass is 241 g/mol. The highest BCUT2D eigenvalue weighted by atomic mass is 16.5. The van der Waals surface area contributed by atoms with Crippen molar-refractivity contribution in [2.45, 2.75) is 59.5 Å². The largest absolute Gasteiger partial charge is 0.462 e. The van der Waals surface area contributed by atoms with E-state index in [0.29, 0.717) is 5.92 Å². The van der Waals surface area contributed by atoms with Gasteiger partial charge in [0.15, 0.2) is 0 Å². The Kier molecular flexibility index (Phi) is 5.44. The van der Waals surface area contributed by atoms with E-state index < -0.39 is 0 Å². The van der Waals surface area contributed by atoms with Crippen LogP contribution in [-0.2, 0) is 9.53 Å². The summed E-state index contributed by atoms with van der Waals surface area (Å²) in [5.74, 6) is 0.365. The van der Waals surface area contributed by atoms with Gasteiger partial charge in [0.05, 0.1) is 11.5 Å². The Balaban J connectivity index is 2.52. The highest BCUT2D eigenvalue weighted by Gasteiger charge is 2.39. The van der Waals surface area contributed by atoms with Gasteiger partial charge in [-0.3, -0.25) is 4.79 Å². The summed E-state index contributed by atoms with van der Waals surface area (Å²) in [7, 11) is 0. The van der Waals surface area contributed by atoms with Crippen molar-refractivity contribution < 1.29 is 9.53 Å². The normalized spacial score (nSPS) is 23.2. The molecule has 2 atom stereocenters. The summed E-state index contributed by atoms with van der Waals surface area (Å²) in [6.07, 6.45) is 4.33. The molecule has 0 radical (unpaired) electrons. The lowest BCUT2D eigenvalue weighted by Crippen LogP contribution is -2.44. The first-order valence-electron chi connectivity index (χ1n) is 6.90. The van der Waals surface area contributed by atoms with Gasteiger partial charge in [-0.15, -0.1) is 0 Å². The predicted molar refractivity (Wildman–Crippen MR) is 69.8 cm³/mol. The quantitative estimate of drug-likeness (QED) is 0.752. The first kappa shape index (κ1) is 14.5. The number of hydrogen-bond donors (Lipinski definition) is 1. The summed E-state index contributed by atoms with van der Waals surface area (Å²) >= 11 is 0. The van der Waals surface area contributed by atoms with Crippen LogP contribution in [0, 0.1) is 11.3 Å². The summed E-state index contributed by atoms with van der Waals surface area (Å²) in [5.41, 5.74) is -0.366. The molecule has 1 fully saturated rings. The first-order chi connectivity index (χ1) is 7.98. The molecule has 0 amide bonds. The van der Waals surface area contributed by atoms with E-state index in [1.165, 1.54) is 0 Å². The fourth-order valence-electron chi connectivity index (χ4n) is 2.43. The lowest BCUT2D eigenvalue weighted by molar-refractivity contribution is -0.162. The highest BCUT2D eigenvalue weighted by molar-refractivity contribution is 5.76. The van der Waals surface area contributed by atoms with Crippen LogP contribution < -0.4 is 5.32 Å². The summed E-state index contributed by atoms with van der Waals surface area (Å²) in [6, 6.07) is 0. The van der Waals surface area contributed by atoms with Crippen LogP contribution in [0.4, 0.5) is 0 Å². The number of carbonyl (C=O) groups is 1. The number of esters is 1. The second kappa shape index (κ2) is 6.39. The Morgan fingerprint density at radius 3 is 2.76 bits per heavy atom. The molecule has 1 rings (SSSR count). The van der Waals surface area contributed by atoms with Gasteiger partial charge in [-0.2, -0.15) is 0 Å². The topological polar surface area (TPSA) is 38.3 Å². The molecule has 0 aromatic carbocycles. The van der Waals surface area contributed by atoms with Crippen molar-refractivity contribution in [3.63, 3.8) is 0 Å². The maximum atomic E-state index is 12.2. The molecule has 1 heterocycles. The van der Waals surface area contributed by atoms with Gasteiger partial charge in [0, 0.05) is 0 Å². The van der Waals surface area contributed by atoms with Gasteiger partial charge in [-0.05, 0) is 59.0 Å². The second-order valence-electron chi connectivity index (χ2n) is 5.77. The second-order valence-corrected chi connectivity index (χ2v) is 5.77. The third-order valence-corrected chi connectivity index (χ3v) is 3.85. The maximum absolute atomic E-state index is 12.2. The van der Waals surface area contributed by atoms with Gasteiger partial charge in [0.1, 0.15) is 0 Å². The van der Waals surface area contributed by atoms with Gasteiger partial charge in [-0.1, -0.05) is 13.3 Å². The van der Waals surface area contributed by atoms with Gasteiger partial charge >= 0.3 is 5.97 Å². The molecule has 1 N–H and O–H groups in total. The number of rotatable bonds is 5. The van der Waals surface area contributed by atoms with Crippen molar-refractivity contribution >= 4 is 5.97 Å². The standard InChI is InChI=1S/C14H27NO2/c1-5-7-11(2)17-13(16)14(3,4)12-8-6-9-15-10-12/h11-12,15H,5-10H2,1-4H3. The minimum atomic E-state index is -0.366. The zero-order valence-electron chi connectivity index (χ0n) is 11.7. The molecule has 0 bridgehead atoms. The molecule has 3 nitrogen and oxygen atoms in total. The van der Waals surface area contributed by atoms with E-state index in [4.69, 9.17) is 4.74 Å². The zero-order chi connectivity index (χ0) is 12.9. The van der Waals surface area contributed by atoms with E-state index in [9.17, 15) is 4.79 Å². The highest BCUT2D eigenvalue weighted by Crippen LogP contribution is 2.33. The van der Waals surface area contributed by atoms with Crippen LogP contribution in [-0.4, -0.2) is 25.2 Å². The molecule has 0 aromatic heterocycles. The minimum absolute atomic E-state index is 0.0350. The molecule has 1 aliphatic heterocycles. The van der Waals surface area contributed by atoms with E-state index in [2.05, 4.69) is 12.2 Å². The molecule has 17 heavy (non-hydrogen) atoms. The Morgan fingerprint density at radius 2 is 2.24 bits per heavy atom. The van der Waals surface area contributed by atoms with Crippen molar-refractivity contribution in [3.8, 4) is 0 Å². The van der Waals surface area contributed by atoms with Crippen molar-refractivity contribution in [2.24, 2.45) is 11.3 Å². The van der Waals surface area contributed by atoms with E-state index >= 15 is 0 Å². The average molecular weight is 241 g/mol. The molecule has 3 heteroatoms. The summed E-state index contributed by atoms with van der Waals surface area (Å²) in [5, 5.41) is 3.37. The van der Waals surface area contributed by atoms with Crippen LogP contribution in [0.15, 0.2) is 0 Å². The van der Waals surface area contributed by atoms with Crippen LogP contribution in [0.25, 0.3) is 0 Å². The van der Waals surface area contributed by atoms with Gasteiger partial charge < -0.3 is 10.1 Å². The number of hydrogen-bond acceptors (Lipinski definition) is 3. The minimum Gasteiger partial charge on any atom is -0.462 e. The first-order valence-corrected chi connectivity index (χ1v) is 6.90. The Morgan fingerprint density at radius 1 is 1.53 bits per heavy atom. The Bertz CT molecular complexity index is 245. The molecule has 0 spiro atoms. The lowest BCUT2D eigenvalue weighted by Gasteiger charge is -2.35. The molecular formula is C14H27NO2. The van der Waals surface area contributed by atoms with Crippen molar-refractivity contribution in [1.82, 2.24) is 5.32 Å². The molecule has 100 valence electrons.